The summed E-state index contributed by atoms with van der Waals surface area (Å²) in [7, 11) is 1.26. The number of esters is 2. The zero-order valence-corrected chi connectivity index (χ0v) is 16.1. The third kappa shape index (κ3) is 3.24. The number of carbonyl (C=O) groups is 3. The van der Waals surface area contributed by atoms with E-state index in [0.717, 1.165) is 5.69 Å². The fourth-order valence-electron chi connectivity index (χ4n) is 2.87. The second kappa shape index (κ2) is 7.22. The number of ether oxygens (including phenoxy) is 2. The van der Waals surface area contributed by atoms with Gasteiger partial charge in [0.2, 0.25) is 5.78 Å². The van der Waals surface area contributed by atoms with E-state index in [4.69, 9.17) is 9.47 Å². The Morgan fingerprint density at radius 3 is 2.54 bits per heavy atom. The van der Waals surface area contributed by atoms with Crippen molar-refractivity contribution in [2.45, 2.75) is 33.8 Å². The van der Waals surface area contributed by atoms with Gasteiger partial charge in [-0.2, -0.15) is 4.98 Å². The summed E-state index contributed by atoms with van der Waals surface area (Å²) < 4.78 is 11.4. The molecule has 3 rings (SSSR count). The molecule has 1 unspecified atom stereocenters. The van der Waals surface area contributed by atoms with Crippen LogP contribution in [-0.4, -0.2) is 55.5 Å². The second-order valence-corrected chi connectivity index (χ2v) is 6.26. The zero-order chi connectivity index (χ0) is 20.6. The van der Waals surface area contributed by atoms with Crippen LogP contribution in [0.1, 0.15) is 55.3 Å². The summed E-state index contributed by atoms with van der Waals surface area (Å²) in [5, 5.41) is 4.06. The Morgan fingerprint density at radius 2 is 1.89 bits per heavy atom. The number of carbonyl (C=O) groups excluding carboxylic acids is 3. The molecule has 0 fully saturated rings. The van der Waals surface area contributed by atoms with Crippen molar-refractivity contribution >= 4 is 23.5 Å². The topological polar surface area (TPSA) is 129 Å². The number of rotatable bonds is 5. The number of aromatic nitrogens is 5. The van der Waals surface area contributed by atoms with Crippen LogP contribution in [0.3, 0.4) is 0 Å². The van der Waals surface area contributed by atoms with Gasteiger partial charge in [0.05, 0.1) is 18.4 Å². The summed E-state index contributed by atoms with van der Waals surface area (Å²) in [5.74, 6) is -1.82. The van der Waals surface area contributed by atoms with Crippen LogP contribution in [0, 0.1) is 20.8 Å². The molecule has 0 aliphatic carbocycles. The van der Waals surface area contributed by atoms with E-state index in [2.05, 4.69) is 20.1 Å². The Hall–Kier alpha value is -3.56. The number of nitrogens with one attached hydrogen (secondary N) is 1. The largest absolute Gasteiger partial charge is 0.465 e. The van der Waals surface area contributed by atoms with Gasteiger partial charge in [0.15, 0.2) is 6.10 Å². The molecule has 0 bridgehead atoms. The molecule has 0 aliphatic rings. The summed E-state index contributed by atoms with van der Waals surface area (Å²) >= 11 is 0. The third-order valence-corrected chi connectivity index (χ3v) is 4.34. The normalized spacial score (nSPS) is 12.0. The van der Waals surface area contributed by atoms with E-state index in [1.54, 1.807) is 33.0 Å². The number of hydrogen-bond donors (Lipinski definition) is 1. The van der Waals surface area contributed by atoms with E-state index in [9.17, 15) is 14.4 Å². The summed E-state index contributed by atoms with van der Waals surface area (Å²) in [6.45, 7) is 6.51. The lowest BCUT2D eigenvalue weighted by Crippen LogP contribution is -2.26. The Labute approximate surface area is 159 Å². The number of aryl methyl sites for hydroxylation is 2. The quantitative estimate of drug-likeness (QED) is 0.518. The van der Waals surface area contributed by atoms with Crippen molar-refractivity contribution in [2.24, 2.45) is 0 Å². The molecular weight excluding hydrogens is 366 g/mol. The van der Waals surface area contributed by atoms with Crippen LogP contribution in [0.5, 0.6) is 0 Å². The molecule has 3 aromatic heterocycles. The second-order valence-electron chi connectivity index (χ2n) is 6.26. The van der Waals surface area contributed by atoms with Crippen molar-refractivity contribution in [1.82, 2.24) is 24.6 Å². The standard InChI is InChI=1S/C18H19N5O5/c1-8-6-7-19-18-21-15(22-23(8)18)17(26)28-11(4)14(24)13-9(2)12(10(3)20-13)16(25)27-5/h6-7,11,20H,1-5H3. The molecule has 1 atom stereocenters. The van der Waals surface area contributed by atoms with Gasteiger partial charge in [0.25, 0.3) is 11.6 Å². The van der Waals surface area contributed by atoms with Gasteiger partial charge in [0.1, 0.15) is 0 Å². The molecule has 0 aliphatic heterocycles. The van der Waals surface area contributed by atoms with E-state index < -0.39 is 23.8 Å². The van der Waals surface area contributed by atoms with Crippen LogP contribution >= 0.6 is 0 Å². The number of nitrogens with zero attached hydrogens (tertiary/aromatic N) is 4. The fourth-order valence-corrected chi connectivity index (χ4v) is 2.87. The summed E-state index contributed by atoms with van der Waals surface area (Å²) in [5.41, 5.74) is 2.14. The lowest BCUT2D eigenvalue weighted by molar-refractivity contribution is 0.0305. The maximum Gasteiger partial charge on any atom is 0.379 e. The monoisotopic (exact) mass is 385 g/mol. The number of fused-ring (bicyclic) bond motifs is 1. The molecule has 10 nitrogen and oxygen atoms in total. The first-order valence-electron chi connectivity index (χ1n) is 8.45. The maximum absolute atomic E-state index is 12.7. The smallest absolute Gasteiger partial charge is 0.379 e. The van der Waals surface area contributed by atoms with Crippen molar-refractivity contribution in [1.29, 1.82) is 0 Å². The Kier molecular flexibility index (Phi) is 4.95. The van der Waals surface area contributed by atoms with E-state index in [-0.39, 0.29) is 22.9 Å². The molecular formula is C18H19N5O5. The van der Waals surface area contributed by atoms with Gasteiger partial charge in [0, 0.05) is 17.6 Å². The van der Waals surface area contributed by atoms with Crippen molar-refractivity contribution in [2.75, 3.05) is 7.11 Å². The number of ketones is 1. The van der Waals surface area contributed by atoms with Crippen LogP contribution in [0.25, 0.3) is 5.78 Å². The molecule has 0 saturated heterocycles. The number of aromatic amines is 1. The molecule has 0 spiro atoms. The van der Waals surface area contributed by atoms with E-state index in [0.29, 0.717) is 11.3 Å². The minimum absolute atomic E-state index is 0.179. The molecule has 0 aromatic carbocycles. The molecule has 10 heteroatoms. The van der Waals surface area contributed by atoms with Gasteiger partial charge in [-0.25, -0.2) is 19.1 Å². The molecule has 1 N–H and O–H groups in total. The van der Waals surface area contributed by atoms with Gasteiger partial charge >= 0.3 is 11.9 Å². The van der Waals surface area contributed by atoms with Gasteiger partial charge in [-0.05, 0) is 39.3 Å². The lowest BCUT2D eigenvalue weighted by Gasteiger charge is -2.10. The molecule has 28 heavy (non-hydrogen) atoms. The molecule has 3 aromatic rings. The van der Waals surface area contributed by atoms with Gasteiger partial charge in [-0.1, -0.05) is 0 Å². The highest BCUT2D eigenvalue weighted by Gasteiger charge is 2.28. The average Bonchev–Trinajstić information content (AvgIpc) is 3.22. The predicted molar refractivity (Wildman–Crippen MR) is 96.3 cm³/mol. The molecule has 0 amide bonds. The molecule has 0 radical (unpaired) electrons. The Morgan fingerprint density at radius 1 is 1.18 bits per heavy atom. The van der Waals surface area contributed by atoms with Crippen molar-refractivity contribution in [3.63, 3.8) is 0 Å². The van der Waals surface area contributed by atoms with Crippen LogP contribution < -0.4 is 0 Å². The summed E-state index contributed by atoms with van der Waals surface area (Å²) in [6.07, 6.45) is 0.436. The summed E-state index contributed by atoms with van der Waals surface area (Å²) in [4.78, 5) is 47.8. The number of Topliss-reactive ketones (excluding diaryl/α,β-unsaturated/α-hetero) is 1. The Bertz CT molecular complexity index is 1100. The van der Waals surface area contributed by atoms with E-state index >= 15 is 0 Å². The van der Waals surface area contributed by atoms with Gasteiger partial charge < -0.3 is 14.5 Å². The van der Waals surface area contributed by atoms with Crippen LogP contribution in [0.15, 0.2) is 12.3 Å². The van der Waals surface area contributed by atoms with Crippen molar-refractivity contribution in [3.05, 3.63) is 46.3 Å². The molecule has 3 heterocycles. The number of methoxy groups -OCH3 is 1. The van der Waals surface area contributed by atoms with Crippen molar-refractivity contribution < 1.29 is 23.9 Å². The minimum atomic E-state index is -1.12. The highest BCUT2D eigenvalue weighted by Crippen LogP contribution is 2.21. The fraction of sp³-hybridized carbons (Fsp3) is 0.333. The summed E-state index contributed by atoms with van der Waals surface area (Å²) in [6, 6.07) is 1.72. The molecule has 0 saturated carbocycles. The highest BCUT2D eigenvalue weighted by atomic mass is 16.5. The third-order valence-electron chi connectivity index (χ3n) is 4.34. The average molecular weight is 385 g/mol. The number of hydrogen-bond acceptors (Lipinski definition) is 8. The molecule has 146 valence electrons. The number of H-pyrrole nitrogens is 1. The minimum Gasteiger partial charge on any atom is -0.465 e. The Balaban J connectivity index is 1.81. The van der Waals surface area contributed by atoms with Crippen LogP contribution in [-0.2, 0) is 9.47 Å². The van der Waals surface area contributed by atoms with Gasteiger partial charge in [-0.3, -0.25) is 4.79 Å². The van der Waals surface area contributed by atoms with E-state index in [1.807, 2.05) is 0 Å². The maximum atomic E-state index is 12.7. The first-order valence-corrected chi connectivity index (χ1v) is 8.45. The predicted octanol–water partition coefficient (Wildman–Crippen LogP) is 1.59. The SMILES string of the molecule is COC(=O)c1c(C)[nH]c(C(=O)C(C)OC(=O)c2nc3nccc(C)n3n2)c1C. The first kappa shape index (κ1) is 19.2. The first-order chi connectivity index (χ1) is 13.2. The van der Waals surface area contributed by atoms with Gasteiger partial charge in [-0.15, -0.1) is 5.10 Å². The lowest BCUT2D eigenvalue weighted by atomic mass is 10.1. The highest BCUT2D eigenvalue weighted by molar-refractivity contribution is 6.04. The van der Waals surface area contributed by atoms with Crippen LogP contribution in [0.4, 0.5) is 0 Å². The zero-order valence-electron chi connectivity index (χ0n) is 16.1. The van der Waals surface area contributed by atoms with Crippen molar-refractivity contribution in [3.8, 4) is 0 Å². The van der Waals surface area contributed by atoms with Crippen LogP contribution in [0.2, 0.25) is 0 Å². The van der Waals surface area contributed by atoms with E-state index in [1.165, 1.54) is 18.5 Å².